The van der Waals surface area contributed by atoms with Crippen LogP contribution in [-0.2, 0) is 11.2 Å². The van der Waals surface area contributed by atoms with Crippen LogP contribution in [0.25, 0.3) is 5.69 Å². The number of aromatic nitrogens is 3. The molecule has 0 atom stereocenters. The molecule has 0 aliphatic carbocycles. The van der Waals surface area contributed by atoms with Gasteiger partial charge in [-0.3, -0.25) is 9.59 Å². The molecule has 2 rings (SSSR count). The minimum absolute atomic E-state index is 0.134. The summed E-state index contributed by atoms with van der Waals surface area (Å²) in [7, 11) is 0. The Labute approximate surface area is 123 Å². The van der Waals surface area contributed by atoms with Crippen LogP contribution in [0.5, 0.6) is 0 Å². The summed E-state index contributed by atoms with van der Waals surface area (Å²) in [4.78, 5) is 22.2. The van der Waals surface area contributed by atoms with E-state index in [0.29, 0.717) is 11.4 Å². The van der Waals surface area contributed by atoms with E-state index >= 15 is 0 Å². The Bertz CT molecular complexity index is 649. The number of benzene rings is 1. The number of carbonyl (C=O) groups is 2. The Hall–Kier alpha value is -2.50. The second-order valence-corrected chi connectivity index (χ2v) is 4.79. The van der Waals surface area contributed by atoms with E-state index in [0.717, 1.165) is 36.9 Å². The Kier molecular flexibility index (Phi) is 4.81. The third-order valence-electron chi connectivity index (χ3n) is 3.08. The highest BCUT2D eigenvalue weighted by Crippen LogP contribution is 2.18. The lowest BCUT2D eigenvalue weighted by Crippen LogP contribution is -2.08. The van der Waals surface area contributed by atoms with Gasteiger partial charge in [-0.05, 0) is 31.0 Å². The number of hydrogen-bond donors (Lipinski definition) is 1. The second kappa shape index (κ2) is 6.78. The summed E-state index contributed by atoms with van der Waals surface area (Å²) in [6.45, 7) is 3.55. The third kappa shape index (κ3) is 3.53. The van der Waals surface area contributed by atoms with Crippen molar-refractivity contribution >= 4 is 17.9 Å². The van der Waals surface area contributed by atoms with E-state index in [1.54, 1.807) is 16.8 Å². The summed E-state index contributed by atoms with van der Waals surface area (Å²) in [5.41, 5.74) is 2.62. The molecule has 1 aromatic heterocycles. The first kappa shape index (κ1) is 14.9. The third-order valence-corrected chi connectivity index (χ3v) is 3.08. The van der Waals surface area contributed by atoms with Crippen LogP contribution < -0.4 is 5.32 Å². The van der Waals surface area contributed by atoms with Crippen molar-refractivity contribution < 1.29 is 9.59 Å². The minimum atomic E-state index is -0.134. The molecule has 0 aliphatic rings. The van der Waals surface area contributed by atoms with Crippen LogP contribution in [0.15, 0.2) is 24.3 Å². The number of hydrogen-bond acceptors (Lipinski definition) is 4. The van der Waals surface area contributed by atoms with Crippen LogP contribution in [-0.4, -0.2) is 27.2 Å². The predicted octanol–water partition coefficient (Wildman–Crippen LogP) is 2.38. The maximum atomic E-state index is 11.1. The zero-order valence-electron chi connectivity index (χ0n) is 12.2. The van der Waals surface area contributed by atoms with Gasteiger partial charge in [-0.1, -0.05) is 24.6 Å². The van der Waals surface area contributed by atoms with Gasteiger partial charge in [0.2, 0.25) is 5.91 Å². The molecule has 0 saturated heterocycles. The molecule has 6 heteroatoms. The van der Waals surface area contributed by atoms with Crippen molar-refractivity contribution in [2.45, 2.75) is 33.1 Å². The maximum Gasteiger partial charge on any atom is 0.221 e. The Balaban J connectivity index is 2.39. The molecule has 0 saturated carbocycles. The van der Waals surface area contributed by atoms with E-state index in [4.69, 9.17) is 0 Å². The summed E-state index contributed by atoms with van der Waals surface area (Å²) in [5, 5.41) is 10.7. The lowest BCUT2D eigenvalue weighted by molar-refractivity contribution is -0.114. The highest BCUT2D eigenvalue weighted by molar-refractivity contribution is 5.88. The van der Waals surface area contributed by atoms with Gasteiger partial charge in [-0.15, -0.1) is 5.10 Å². The minimum Gasteiger partial charge on any atom is -0.326 e. The van der Waals surface area contributed by atoms with Crippen molar-refractivity contribution in [2.75, 3.05) is 5.32 Å². The van der Waals surface area contributed by atoms with E-state index in [1.807, 2.05) is 12.1 Å². The molecule has 0 unspecified atom stereocenters. The number of carbonyl (C=O) groups excluding carboxylic acids is 2. The van der Waals surface area contributed by atoms with Gasteiger partial charge in [-0.25, -0.2) is 4.68 Å². The Morgan fingerprint density at radius 1 is 1.43 bits per heavy atom. The summed E-state index contributed by atoms with van der Waals surface area (Å²) in [5.74, 6) is -0.134. The van der Waals surface area contributed by atoms with Crippen molar-refractivity contribution in [3.63, 3.8) is 0 Å². The Morgan fingerprint density at radius 3 is 2.90 bits per heavy atom. The highest BCUT2D eigenvalue weighted by atomic mass is 16.1. The van der Waals surface area contributed by atoms with Gasteiger partial charge in [0.05, 0.1) is 11.4 Å². The van der Waals surface area contributed by atoms with Gasteiger partial charge >= 0.3 is 0 Å². The van der Waals surface area contributed by atoms with Crippen molar-refractivity contribution in [3.05, 3.63) is 35.7 Å². The summed E-state index contributed by atoms with van der Waals surface area (Å²) < 4.78 is 1.66. The number of nitrogens with one attached hydrogen (secondary N) is 1. The van der Waals surface area contributed by atoms with Crippen molar-refractivity contribution in [1.29, 1.82) is 0 Å². The van der Waals surface area contributed by atoms with Crippen LogP contribution in [0, 0.1) is 0 Å². The van der Waals surface area contributed by atoms with Crippen molar-refractivity contribution in [2.24, 2.45) is 0 Å². The predicted molar refractivity (Wildman–Crippen MR) is 79.7 cm³/mol. The van der Waals surface area contributed by atoms with Crippen LogP contribution in [0.2, 0.25) is 0 Å². The zero-order chi connectivity index (χ0) is 15.2. The molecule has 21 heavy (non-hydrogen) atoms. The van der Waals surface area contributed by atoms with Crippen LogP contribution in [0.4, 0.5) is 5.69 Å². The Morgan fingerprint density at radius 2 is 2.24 bits per heavy atom. The summed E-state index contributed by atoms with van der Waals surface area (Å²) in [6, 6.07) is 7.30. The van der Waals surface area contributed by atoms with E-state index in [2.05, 4.69) is 22.6 Å². The molecular weight excluding hydrogens is 268 g/mol. The first-order chi connectivity index (χ1) is 10.2. The lowest BCUT2D eigenvalue weighted by Gasteiger charge is -2.08. The fraction of sp³-hybridized carbons (Fsp3) is 0.333. The number of anilines is 1. The van der Waals surface area contributed by atoms with E-state index in [1.165, 1.54) is 6.92 Å². The monoisotopic (exact) mass is 286 g/mol. The lowest BCUT2D eigenvalue weighted by atomic mass is 10.1. The first-order valence-electron chi connectivity index (χ1n) is 6.93. The first-order valence-corrected chi connectivity index (χ1v) is 6.93. The quantitative estimate of drug-likeness (QED) is 0.827. The molecule has 1 amide bonds. The molecule has 1 heterocycles. The van der Waals surface area contributed by atoms with E-state index in [-0.39, 0.29) is 5.91 Å². The summed E-state index contributed by atoms with van der Waals surface area (Å²) >= 11 is 0. The molecule has 0 bridgehead atoms. The van der Waals surface area contributed by atoms with Gasteiger partial charge < -0.3 is 5.32 Å². The average Bonchev–Trinajstić information content (AvgIpc) is 2.87. The fourth-order valence-electron chi connectivity index (χ4n) is 2.11. The normalized spacial score (nSPS) is 10.4. The number of rotatable bonds is 6. The van der Waals surface area contributed by atoms with Crippen LogP contribution in [0.3, 0.4) is 0 Å². The topological polar surface area (TPSA) is 76.9 Å². The molecular formula is C15H18N4O2. The second-order valence-electron chi connectivity index (χ2n) is 4.79. The smallest absolute Gasteiger partial charge is 0.221 e. The van der Waals surface area contributed by atoms with Crippen molar-refractivity contribution in [3.8, 4) is 5.69 Å². The van der Waals surface area contributed by atoms with E-state index < -0.39 is 0 Å². The van der Waals surface area contributed by atoms with Gasteiger partial charge in [0, 0.05) is 12.6 Å². The van der Waals surface area contributed by atoms with Crippen LogP contribution in [0.1, 0.15) is 42.9 Å². The number of unbranched alkanes of at least 4 members (excludes halogenated alkanes) is 1. The van der Waals surface area contributed by atoms with Crippen molar-refractivity contribution in [1.82, 2.24) is 15.0 Å². The van der Waals surface area contributed by atoms with Gasteiger partial charge in [0.1, 0.15) is 5.69 Å². The molecule has 2 aromatic rings. The SMILES string of the molecule is CCCCc1c(C=O)nnn1-c1cccc(NC(C)=O)c1. The molecule has 0 spiro atoms. The molecule has 0 radical (unpaired) electrons. The number of aldehydes is 1. The number of amides is 1. The molecule has 0 aliphatic heterocycles. The van der Waals surface area contributed by atoms with E-state index in [9.17, 15) is 9.59 Å². The average molecular weight is 286 g/mol. The standard InChI is InChI=1S/C15H18N4O2/c1-3-4-8-15-14(10-20)17-18-19(15)13-7-5-6-12(9-13)16-11(2)21/h5-7,9-10H,3-4,8H2,1-2H3,(H,16,21). The van der Waals surface area contributed by atoms with Gasteiger partial charge in [0.15, 0.2) is 6.29 Å². The summed E-state index contributed by atoms with van der Waals surface area (Å²) in [6.07, 6.45) is 3.45. The van der Waals surface area contributed by atoms with Crippen LogP contribution >= 0.6 is 0 Å². The largest absolute Gasteiger partial charge is 0.326 e. The molecule has 110 valence electrons. The fourth-order valence-corrected chi connectivity index (χ4v) is 2.11. The molecule has 1 aromatic carbocycles. The maximum absolute atomic E-state index is 11.1. The molecule has 1 N–H and O–H groups in total. The van der Waals surface area contributed by atoms with Gasteiger partial charge in [-0.2, -0.15) is 0 Å². The number of nitrogens with zero attached hydrogens (tertiary/aromatic N) is 3. The molecule has 6 nitrogen and oxygen atoms in total. The highest BCUT2D eigenvalue weighted by Gasteiger charge is 2.13. The zero-order valence-corrected chi connectivity index (χ0v) is 12.2. The molecule has 0 fully saturated rings. The van der Waals surface area contributed by atoms with Gasteiger partial charge in [0.25, 0.3) is 0 Å².